The number of benzene rings is 2. The number of carbonyl (C=O) groups excluding carboxylic acids is 1. The van der Waals surface area contributed by atoms with Crippen LogP contribution in [-0.4, -0.2) is 62.1 Å². The number of aliphatic hydroxyl groups excluding tert-OH is 1. The molecule has 0 bridgehead atoms. The van der Waals surface area contributed by atoms with Crippen LogP contribution in [0.4, 0.5) is 5.82 Å². The maximum Gasteiger partial charge on any atom is 0.459 e. The van der Waals surface area contributed by atoms with E-state index in [9.17, 15) is 14.5 Å². The molecular weight excluding hydrogens is 599 g/mol. The summed E-state index contributed by atoms with van der Waals surface area (Å²) in [5.74, 6) is -0.0980. The Morgan fingerprint density at radius 2 is 1.95 bits per heavy atom. The third-order valence-electron chi connectivity index (χ3n) is 7.55. The first kappa shape index (κ1) is 29.7. The average Bonchev–Trinajstić information content (AvgIpc) is 3.54. The number of ether oxygens (including phenoxy) is 2. The van der Waals surface area contributed by atoms with E-state index in [1.54, 1.807) is 12.1 Å². The van der Waals surface area contributed by atoms with Crippen molar-refractivity contribution in [2.45, 2.75) is 63.1 Å². The predicted octanol–water partition coefficient (Wildman–Crippen LogP) is 4.53. The predicted molar refractivity (Wildman–Crippen MR) is 158 cm³/mol. The van der Waals surface area contributed by atoms with E-state index in [0.717, 1.165) is 42.9 Å². The molecule has 228 valence electrons. The molecule has 1 saturated carbocycles. The third-order valence-corrected chi connectivity index (χ3v) is 9.29. The van der Waals surface area contributed by atoms with Crippen molar-refractivity contribution in [3.8, 4) is 5.75 Å². The Bertz CT molecular complexity index is 1660. The first-order valence-corrected chi connectivity index (χ1v) is 16.1. The van der Waals surface area contributed by atoms with E-state index in [-0.39, 0.29) is 42.3 Å². The number of halogens is 1. The number of anilines is 1. The molecule has 1 unspecified atom stereocenters. The summed E-state index contributed by atoms with van der Waals surface area (Å²) < 4.78 is 38.9. The topological polar surface area (TPSA) is 173 Å². The van der Waals surface area contributed by atoms with Crippen molar-refractivity contribution in [3.63, 3.8) is 0 Å². The normalized spacial score (nSPS) is 22.5. The highest BCUT2D eigenvalue weighted by Crippen LogP contribution is 2.47. The van der Waals surface area contributed by atoms with Gasteiger partial charge >= 0.3 is 13.7 Å². The van der Waals surface area contributed by atoms with Crippen LogP contribution in [0.2, 0.25) is 5.28 Å². The van der Waals surface area contributed by atoms with E-state index in [2.05, 4.69) is 20.0 Å². The molecule has 4 aromatic rings. The number of fused-ring (bicyclic) bond motifs is 2. The van der Waals surface area contributed by atoms with Crippen LogP contribution in [0.5, 0.6) is 5.75 Å². The van der Waals surface area contributed by atoms with E-state index in [1.165, 1.54) is 10.9 Å². The van der Waals surface area contributed by atoms with Crippen molar-refractivity contribution in [1.29, 1.82) is 0 Å². The molecule has 4 atom stereocenters. The van der Waals surface area contributed by atoms with E-state index in [0.29, 0.717) is 11.4 Å². The fourth-order valence-corrected chi connectivity index (χ4v) is 7.03. The zero-order chi connectivity index (χ0) is 30.0. The summed E-state index contributed by atoms with van der Waals surface area (Å²) in [4.78, 5) is 25.0. The van der Waals surface area contributed by atoms with Crippen LogP contribution in [0.15, 0.2) is 48.8 Å². The van der Waals surface area contributed by atoms with E-state index in [1.807, 2.05) is 30.3 Å². The molecule has 6 rings (SSSR count). The molecule has 3 heterocycles. The van der Waals surface area contributed by atoms with Gasteiger partial charge in [-0.2, -0.15) is 0 Å². The molecule has 1 aliphatic heterocycles. The van der Waals surface area contributed by atoms with Gasteiger partial charge in [0, 0.05) is 11.8 Å². The van der Waals surface area contributed by atoms with Crippen molar-refractivity contribution in [3.05, 3.63) is 54.1 Å². The quantitative estimate of drug-likeness (QED) is 0.127. The molecule has 15 heteroatoms. The summed E-state index contributed by atoms with van der Waals surface area (Å²) >= 11 is 6.35. The van der Waals surface area contributed by atoms with E-state index < -0.39 is 32.2 Å². The lowest BCUT2D eigenvalue weighted by Crippen LogP contribution is -2.30. The summed E-state index contributed by atoms with van der Waals surface area (Å²) in [6, 6.07) is 12.8. The van der Waals surface area contributed by atoms with Crippen LogP contribution in [0.3, 0.4) is 0 Å². The van der Waals surface area contributed by atoms with Gasteiger partial charge in [0.1, 0.15) is 30.8 Å². The Balaban J connectivity index is 1.18. The largest absolute Gasteiger partial charge is 0.461 e. The molecule has 0 amide bonds. The second-order valence-electron chi connectivity index (χ2n) is 10.6. The lowest BCUT2D eigenvalue weighted by Gasteiger charge is -2.24. The van der Waals surface area contributed by atoms with Crippen LogP contribution >= 0.6 is 19.3 Å². The Labute approximate surface area is 252 Å². The maximum atomic E-state index is 14.1. The average molecular weight is 631 g/mol. The molecule has 2 aromatic heterocycles. The molecule has 4 N–H and O–H groups in total. The minimum Gasteiger partial charge on any atom is -0.461 e. The van der Waals surface area contributed by atoms with Gasteiger partial charge < -0.3 is 24.8 Å². The number of esters is 1. The molecule has 0 spiro atoms. The number of nitrogens with two attached hydrogens (primary N) is 1. The van der Waals surface area contributed by atoms with Gasteiger partial charge in [0.2, 0.25) is 5.28 Å². The molecular formula is C28H32ClN6O7P. The summed E-state index contributed by atoms with van der Waals surface area (Å²) in [6.07, 6.45) is 3.30. The smallest absolute Gasteiger partial charge is 0.459 e. The molecule has 43 heavy (non-hydrogen) atoms. The Kier molecular flexibility index (Phi) is 8.80. The van der Waals surface area contributed by atoms with Crippen molar-refractivity contribution in [2.75, 3.05) is 18.9 Å². The Morgan fingerprint density at radius 3 is 2.79 bits per heavy atom. The Morgan fingerprint density at radius 1 is 1.16 bits per heavy atom. The van der Waals surface area contributed by atoms with Gasteiger partial charge in [-0.05, 0) is 48.7 Å². The van der Waals surface area contributed by atoms with Crippen molar-refractivity contribution < 1.29 is 33.0 Å². The molecule has 13 nitrogen and oxygen atoms in total. The third kappa shape index (κ3) is 6.62. The van der Waals surface area contributed by atoms with Gasteiger partial charge in [0.15, 0.2) is 23.2 Å². The number of nitrogens with zero attached hydrogens (tertiary/aromatic N) is 4. The second kappa shape index (κ2) is 12.7. The molecule has 2 fully saturated rings. The number of carbonyl (C=O) groups is 1. The highest BCUT2D eigenvalue weighted by molar-refractivity contribution is 7.52. The van der Waals surface area contributed by atoms with Crippen LogP contribution in [0.25, 0.3) is 21.9 Å². The number of hydrogen-bond acceptors (Lipinski definition) is 11. The van der Waals surface area contributed by atoms with E-state index in [4.69, 9.17) is 35.9 Å². The SMILES string of the molecule is Nc1ncnc2c1nc(Cl)n2[C@@H]1O[C@H](COP(=O)(NCC(=O)OC2CCCCC2)Oc2cccc3ccccc23)C[C@@H]1O. The minimum absolute atomic E-state index is 0.0101. The number of hydrogen-bond donors (Lipinski definition) is 3. The van der Waals surface area contributed by atoms with Gasteiger partial charge in [-0.25, -0.2) is 24.6 Å². The highest BCUT2D eigenvalue weighted by Gasteiger charge is 2.40. The van der Waals surface area contributed by atoms with Crippen molar-refractivity contribution in [2.24, 2.45) is 0 Å². The number of nitrogens with one attached hydrogen (secondary N) is 1. The summed E-state index contributed by atoms with van der Waals surface area (Å²) in [6.45, 7) is -0.616. The van der Waals surface area contributed by atoms with E-state index >= 15 is 0 Å². The Hall–Kier alpha value is -3.32. The fraction of sp³-hybridized carbons (Fsp3) is 0.429. The number of imidazole rings is 1. The first-order valence-electron chi connectivity index (χ1n) is 14.1. The lowest BCUT2D eigenvalue weighted by atomic mass is 9.98. The standard InChI is InChI=1S/C28H32ClN6O7P/c29-28-34-24-25(30)31-16-32-26(24)35(28)27-21(36)13-19(41-27)15-39-43(38,33-14-23(37)40-18-9-2-1-3-10-18)42-22-12-6-8-17-7-4-5-11-20(17)22/h4-8,11-12,16,18-19,21,27,36H,1-3,9-10,13-15H2,(H,33,38)(H2,30,31,32)/t19-,21-,27+,43?/m0/s1. The monoisotopic (exact) mass is 630 g/mol. The fourth-order valence-electron chi connectivity index (χ4n) is 5.46. The molecule has 1 aliphatic carbocycles. The van der Waals surface area contributed by atoms with Gasteiger partial charge in [-0.15, -0.1) is 0 Å². The molecule has 2 aliphatic rings. The summed E-state index contributed by atoms with van der Waals surface area (Å²) in [7, 11) is -4.15. The van der Waals surface area contributed by atoms with Gasteiger partial charge in [0.05, 0.1) is 12.7 Å². The highest BCUT2D eigenvalue weighted by atomic mass is 35.5. The maximum absolute atomic E-state index is 14.1. The zero-order valence-electron chi connectivity index (χ0n) is 23.2. The van der Waals surface area contributed by atoms with Gasteiger partial charge in [0.25, 0.3) is 0 Å². The number of nitrogen functional groups attached to an aromatic ring is 1. The van der Waals surface area contributed by atoms with Crippen LogP contribution in [-0.2, 0) is 23.4 Å². The lowest BCUT2D eigenvalue weighted by molar-refractivity contribution is -0.149. The summed E-state index contributed by atoms with van der Waals surface area (Å²) in [5, 5.41) is 15.1. The zero-order valence-corrected chi connectivity index (χ0v) is 24.8. The first-order chi connectivity index (χ1) is 20.8. The minimum atomic E-state index is -4.15. The number of aromatic nitrogens is 4. The van der Waals surface area contributed by atoms with Crippen LogP contribution in [0.1, 0.15) is 44.8 Å². The van der Waals surface area contributed by atoms with Crippen molar-refractivity contribution >= 4 is 53.1 Å². The van der Waals surface area contributed by atoms with Gasteiger partial charge in [-0.3, -0.25) is 13.9 Å². The van der Waals surface area contributed by atoms with Crippen LogP contribution in [0, 0.1) is 0 Å². The molecule has 1 saturated heterocycles. The van der Waals surface area contributed by atoms with Crippen LogP contribution < -0.4 is 15.3 Å². The van der Waals surface area contributed by atoms with Crippen molar-refractivity contribution in [1.82, 2.24) is 24.6 Å². The van der Waals surface area contributed by atoms with Gasteiger partial charge in [-0.1, -0.05) is 42.8 Å². The summed E-state index contributed by atoms with van der Waals surface area (Å²) in [5.41, 5.74) is 6.48. The second-order valence-corrected chi connectivity index (χ2v) is 12.7. The number of rotatable bonds is 10. The molecule has 2 aromatic carbocycles. The number of aliphatic hydroxyl groups is 1. The molecule has 0 radical (unpaired) electrons.